The molecule has 0 aliphatic carbocycles. The van der Waals surface area contributed by atoms with Gasteiger partial charge in [0.2, 0.25) is 15.9 Å². The molecule has 2 aromatic carbocycles. The molecule has 138 valence electrons. The fourth-order valence-corrected chi connectivity index (χ4v) is 4.55. The van der Waals surface area contributed by atoms with Crippen molar-refractivity contribution in [3.63, 3.8) is 0 Å². The van der Waals surface area contributed by atoms with Crippen LogP contribution in [0.15, 0.2) is 65.6 Å². The summed E-state index contributed by atoms with van der Waals surface area (Å²) in [4.78, 5) is 14.8. The van der Waals surface area contributed by atoms with Crippen molar-refractivity contribution in [2.45, 2.75) is 17.4 Å². The molecule has 1 unspecified atom stereocenters. The molecule has 1 amide bonds. The summed E-state index contributed by atoms with van der Waals surface area (Å²) < 4.78 is 26.8. The fraction of sp³-hybridized carbons (Fsp3) is 0.316. The van der Waals surface area contributed by atoms with Crippen molar-refractivity contribution in [2.75, 3.05) is 26.2 Å². The summed E-state index contributed by atoms with van der Waals surface area (Å²) in [5.74, 6) is -0.194. The van der Waals surface area contributed by atoms with Gasteiger partial charge in [0.15, 0.2) is 0 Å². The SMILES string of the molecule is CC(N)(C(=O)N1CCN(S(=O)(=O)c2ccccc2)CC1)c1ccccc1. The number of carbonyl (C=O) groups excluding carboxylic acids is 1. The Morgan fingerprint density at radius 3 is 1.96 bits per heavy atom. The first-order valence-electron chi connectivity index (χ1n) is 8.52. The minimum atomic E-state index is -3.53. The second kappa shape index (κ2) is 7.19. The van der Waals surface area contributed by atoms with Crippen LogP contribution in [0.1, 0.15) is 12.5 Å². The number of nitrogens with two attached hydrogens (primary N) is 1. The highest BCUT2D eigenvalue weighted by atomic mass is 32.2. The molecule has 2 aromatic rings. The minimum Gasteiger partial charge on any atom is -0.338 e. The Morgan fingerprint density at radius 1 is 0.923 bits per heavy atom. The van der Waals surface area contributed by atoms with Crippen LogP contribution in [0.4, 0.5) is 0 Å². The quantitative estimate of drug-likeness (QED) is 0.878. The van der Waals surface area contributed by atoms with Crippen molar-refractivity contribution >= 4 is 15.9 Å². The van der Waals surface area contributed by atoms with E-state index in [-0.39, 0.29) is 23.9 Å². The van der Waals surface area contributed by atoms with Gasteiger partial charge in [-0.05, 0) is 24.6 Å². The first-order valence-corrected chi connectivity index (χ1v) is 9.96. The third-order valence-electron chi connectivity index (χ3n) is 4.72. The molecule has 0 saturated carbocycles. The van der Waals surface area contributed by atoms with Crippen LogP contribution in [0.3, 0.4) is 0 Å². The maximum Gasteiger partial charge on any atom is 0.247 e. The number of nitrogens with zero attached hydrogens (tertiary/aromatic N) is 2. The molecule has 0 bridgehead atoms. The zero-order chi connectivity index (χ0) is 18.8. The Balaban J connectivity index is 1.70. The smallest absolute Gasteiger partial charge is 0.247 e. The Bertz CT molecular complexity index is 859. The third-order valence-corrected chi connectivity index (χ3v) is 6.64. The van der Waals surface area contributed by atoms with Crippen molar-refractivity contribution in [1.82, 2.24) is 9.21 Å². The van der Waals surface area contributed by atoms with Crippen molar-refractivity contribution in [3.8, 4) is 0 Å². The van der Waals surface area contributed by atoms with Crippen LogP contribution in [0.25, 0.3) is 0 Å². The van der Waals surface area contributed by atoms with E-state index in [1.807, 2.05) is 30.3 Å². The van der Waals surface area contributed by atoms with Gasteiger partial charge in [-0.3, -0.25) is 4.79 Å². The van der Waals surface area contributed by atoms with Crippen LogP contribution < -0.4 is 5.73 Å². The predicted octanol–water partition coefficient (Wildman–Crippen LogP) is 1.39. The molecule has 0 radical (unpaired) electrons. The van der Waals surface area contributed by atoms with Crippen LogP contribution in [-0.2, 0) is 20.4 Å². The molecule has 3 rings (SSSR count). The Kier molecular flexibility index (Phi) is 5.13. The van der Waals surface area contributed by atoms with Gasteiger partial charge in [-0.25, -0.2) is 8.42 Å². The summed E-state index contributed by atoms with van der Waals surface area (Å²) in [6, 6.07) is 17.6. The average molecular weight is 373 g/mol. The molecule has 7 heteroatoms. The van der Waals surface area contributed by atoms with Gasteiger partial charge in [0.1, 0.15) is 5.54 Å². The topological polar surface area (TPSA) is 83.7 Å². The standard InChI is InChI=1S/C19H23N3O3S/c1-19(20,16-8-4-2-5-9-16)18(23)21-12-14-22(15-13-21)26(24,25)17-10-6-3-7-11-17/h2-11H,12-15,20H2,1H3. The molecule has 1 fully saturated rings. The molecule has 0 aromatic heterocycles. The molecule has 2 N–H and O–H groups in total. The lowest BCUT2D eigenvalue weighted by Gasteiger charge is -2.38. The lowest BCUT2D eigenvalue weighted by molar-refractivity contribution is -0.138. The number of amides is 1. The number of sulfonamides is 1. The van der Waals surface area contributed by atoms with E-state index < -0.39 is 15.6 Å². The zero-order valence-corrected chi connectivity index (χ0v) is 15.5. The Morgan fingerprint density at radius 2 is 1.42 bits per heavy atom. The Hall–Kier alpha value is -2.22. The van der Waals surface area contributed by atoms with E-state index in [4.69, 9.17) is 5.73 Å². The highest BCUT2D eigenvalue weighted by molar-refractivity contribution is 7.89. The molecular formula is C19H23N3O3S. The summed E-state index contributed by atoms with van der Waals surface area (Å²) in [6.07, 6.45) is 0. The summed E-state index contributed by atoms with van der Waals surface area (Å²) in [5, 5.41) is 0. The molecule has 1 aliphatic heterocycles. The fourth-order valence-electron chi connectivity index (χ4n) is 3.11. The summed E-state index contributed by atoms with van der Waals surface area (Å²) in [7, 11) is -3.53. The van der Waals surface area contributed by atoms with Crippen molar-refractivity contribution in [3.05, 3.63) is 66.2 Å². The van der Waals surface area contributed by atoms with Gasteiger partial charge < -0.3 is 10.6 Å². The third kappa shape index (κ3) is 3.51. The van der Waals surface area contributed by atoms with E-state index in [0.717, 1.165) is 5.56 Å². The predicted molar refractivity (Wildman–Crippen MR) is 99.8 cm³/mol. The van der Waals surface area contributed by atoms with E-state index in [1.54, 1.807) is 42.2 Å². The van der Waals surface area contributed by atoms with Gasteiger partial charge in [0.05, 0.1) is 4.90 Å². The minimum absolute atomic E-state index is 0.194. The largest absolute Gasteiger partial charge is 0.338 e. The number of piperazine rings is 1. The lowest BCUT2D eigenvalue weighted by Crippen LogP contribution is -2.57. The molecule has 1 heterocycles. The second-order valence-corrected chi connectivity index (χ2v) is 8.52. The van der Waals surface area contributed by atoms with E-state index in [1.165, 1.54) is 4.31 Å². The number of hydrogen-bond acceptors (Lipinski definition) is 4. The molecule has 1 atom stereocenters. The maximum atomic E-state index is 12.9. The van der Waals surface area contributed by atoms with Crippen LogP contribution in [-0.4, -0.2) is 49.7 Å². The van der Waals surface area contributed by atoms with Crippen LogP contribution in [0.5, 0.6) is 0 Å². The first kappa shape index (κ1) is 18.6. The van der Waals surface area contributed by atoms with E-state index in [9.17, 15) is 13.2 Å². The average Bonchev–Trinajstić information content (AvgIpc) is 2.69. The summed E-state index contributed by atoms with van der Waals surface area (Å²) in [6.45, 7) is 2.86. The van der Waals surface area contributed by atoms with Gasteiger partial charge in [0.25, 0.3) is 0 Å². The maximum absolute atomic E-state index is 12.9. The molecule has 1 aliphatic rings. The van der Waals surface area contributed by atoms with Crippen molar-refractivity contribution in [1.29, 1.82) is 0 Å². The van der Waals surface area contributed by atoms with Crippen LogP contribution >= 0.6 is 0 Å². The van der Waals surface area contributed by atoms with Gasteiger partial charge in [-0.1, -0.05) is 48.5 Å². The van der Waals surface area contributed by atoms with Crippen LogP contribution in [0.2, 0.25) is 0 Å². The van der Waals surface area contributed by atoms with Crippen molar-refractivity contribution in [2.24, 2.45) is 5.73 Å². The van der Waals surface area contributed by atoms with Crippen molar-refractivity contribution < 1.29 is 13.2 Å². The number of hydrogen-bond donors (Lipinski definition) is 1. The van der Waals surface area contributed by atoms with Gasteiger partial charge in [0, 0.05) is 26.2 Å². The zero-order valence-electron chi connectivity index (χ0n) is 14.7. The summed E-state index contributed by atoms with van der Waals surface area (Å²) in [5.41, 5.74) is 5.90. The normalized spacial score (nSPS) is 18.3. The molecule has 1 saturated heterocycles. The molecule has 6 nitrogen and oxygen atoms in total. The summed E-state index contributed by atoms with van der Waals surface area (Å²) >= 11 is 0. The second-order valence-electron chi connectivity index (χ2n) is 6.58. The van der Waals surface area contributed by atoms with Gasteiger partial charge >= 0.3 is 0 Å². The number of benzene rings is 2. The first-order chi connectivity index (χ1) is 12.3. The van der Waals surface area contributed by atoms with E-state index >= 15 is 0 Å². The Labute approximate surface area is 154 Å². The molecule has 26 heavy (non-hydrogen) atoms. The monoisotopic (exact) mass is 373 g/mol. The number of carbonyl (C=O) groups is 1. The molecular weight excluding hydrogens is 350 g/mol. The highest BCUT2D eigenvalue weighted by Gasteiger charge is 2.37. The molecule has 0 spiro atoms. The van der Waals surface area contributed by atoms with E-state index in [2.05, 4.69) is 0 Å². The highest BCUT2D eigenvalue weighted by Crippen LogP contribution is 2.23. The van der Waals surface area contributed by atoms with E-state index in [0.29, 0.717) is 13.1 Å². The van der Waals surface area contributed by atoms with Gasteiger partial charge in [-0.15, -0.1) is 0 Å². The number of rotatable bonds is 4. The van der Waals surface area contributed by atoms with Crippen LogP contribution in [0, 0.1) is 0 Å². The lowest BCUT2D eigenvalue weighted by atomic mass is 9.91. The van der Waals surface area contributed by atoms with Gasteiger partial charge in [-0.2, -0.15) is 4.31 Å².